The highest BCUT2D eigenvalue weighted by atomic mass is 15.1. The Morgan fingerprint density at radius 2 is 1.83 bits per heavy atom. The monoisotopic (exact) mass is 383 g/mol. The summed E-state index contributed by atoms with van der Waals surface area (Å²) >= 11 is 0. The van der Waals surface area contributed by atoms with Crippen molar-refractivity contribution >= 4 is 23.1 Å². The molecule has 3 aromatic carbocycles. The summed E-state index contributed by atoms with van der Waals surface area (Å²) in [6.07, 6.45) is 4.28. The van der Waals surface area contributed by atoms with Gasteiger partial charge in [-0.05, 0) is 52.9 Å². The van der Waals surface area contributed by atoms with Crippen LogP contribution in [0.4, 0.5) is 11.4 Å². The van der Waals surface area contributed by atoms with E-state index in [1.807, 2.05) is 18.2 Å². The van der Waals surface area contributed by atoms with E-state index in [9.17, 15) is 0 Å². The fraction of sp³-hybridized carbons (Fsp3) is 0.231. The first kappa shape index (κ1) is 19.1. The van der Waals surface area contributed by atoms with Gasteiger partial charge in [0.1, 0.15) is 0 Å². The van der Waals surface area contributed by atoms with E-state index in [4.69, 9.17) is 5.73 Å². The van der Waals surface area contributed by atoms with Gasteiger partial charge in [0.05, 0.1) is 0 Å². The first-order valence-electron chi connectivity index (χ1n) is 10.3. The fourth-order valence-corrected chi connectivity index (χ4v) is 4.03. The lowest BCUT2D eigenvalue weighted by Gasteiger charge is -2.24. The van der Waals surface area contributed by atoms with E-state index in [0.717, 1.165) is 24.1 Å². The van der Waals surface area contributed by atoms with Crippen molar-refractivity contribution < 1.29 is 0 Å². The topological polar surface area (TPSA) is 41.3 Å². The van der Waals surface area contributed by atoms with E-state index < -0.39 is 0 Å². The van der Waals surface area contributed by atoms with E-state index >= 15 is 0 Å². The highest BCUT2D eigenvalue weighted by molar-refractivity contribution is 5.73. The Hall–Kier alpha value is -3.20. The van der Waals surface area contributed by atoms with E-state index in [2.05, 4.69) is 79.8 Å². The third-order valence-electron chi connectivity index (χ3n) is 5.60. The number of nitrogen functional groups attached to an aromatic ring is 1. The highest BCUT2D eigenvalue weighted by Crippen LogP contribution is 2.27. The average Bonchev–Trinajstić information content (AvgIpc) is 2.72. The van der Waals surface area contributed by atoms with Gasteiger partial charge in [-0.2, -0.15) is 0 Å². The molecule has 1 aliphatic rings. The molecule has 0 saturated carbocycles. The van der Waals surface area contributed by atoms with Crippen molar-refractivity contribution in [1.29, 1.82) is 0 Å². The van der Waals surface area contributed by atoms with Crippen LogP contribution in [-0.2, 0) is 13.0 Å². The summed E-state index contributed by atoms with van der Waals surface area (Å²) in [6, 6.07) is 21.6. The first-order chi connectivity index (χ1) is 14.1. The lowest BCUT2D eigenvalue weighted by molar-refractivity contribution is 0.875. The number of benzene rings is 3. The molecule has 0 amide bonds. The molecule has 0 heterocycles. The van der Waals surface area contributed by atoms with Crippen LogP contribution in [0.15, 0.2) is 60.7 Å². The van der Waals surface area contributed by atoms with Crippen molar-refractivity contribution in [2.45, 2.75) is 26.3 Å². The molecule has 3 N–H and O–H groups in total. The molecule has 0 aromatic heterocycles. The molecule has 0 aliphatic heterocycles. The Labute approximate surface area is 173 Å². The number of fused-ring (bicyclic) bond motifs is 2. The van der Waals surface area contributed by atoms with Gasteiger partial charge in [-0.3, -0.25) is 0 Å². The number of anilines is 2. The van der Waals surface area contributed by atoms with Crippen molar-refractivity contribution in [3.8, 4) is 0 Å². The number of nitrogens with one attached hydrogen (secondary N) is 1. The molecule has 0 bridgehead atoms. The van der Waals surface area contributed by atoms with Gasteiger partial charge in [0.15, 0.2) is 0 Å². The minimum absolute atomic E-state index is 0.707. The second-order valence-corrected chi connectivity index (χ2v) is 7.87. The number of nitrogens with two attached hydrogens (primary N) is 1. The molecule has 0 radical (unpaired) electrons. The number of rotatable bonds is 5. The van der Waals surface area contributed by atoms with Gasteiger partial charge in [0, 0.05) is 48.5 Å². The molecular weight excluding hydrogens is 354 g/mol. The van der Waals surface area contributed by atoms with E-state index in [0.29, 0.717) is 6.54 Å². The zero-order valence-corrected chi connectivity index (χ0v) is 17.5. The molecule has 3 aromatic rings. The van der Waals surface area contributed by atoms with Crippen LogP contribution >= 0.6 is 0 Å². The van der Waals surface area contributed by atoms with Crippen molar-refractivity contribution in [2.24, 2.45) is 0 Å². The fourth-order valence-electron chi connectivity index (χ4n) is 4.03. The molecule has 0 spiro atoms. The SMILES string of the molecule is CC/C=c1/ccc2c(c1)Cc1cc(N(C)C)ccc1C=2NCc1ccccc1N. The van der Waals surface area contributed by atoms with Crippen LogP contribution in [0.1, 0.15) is 35.6 Å². The summed E-state index contributed by atoms with van der Waals surface area (Å²) < 4.78 is 0. The lowest BCUT2D eigenvalue weighted by atomic mass is 9.89. The Morgan fingerprint density at radius 1 is 1.00 bits per heavy atom. The van der Waals surface area contributed by atoms with Gasteiger partial charge < -0.3 is 16.0 Å². The minimum atomic E-state index is 0.707. The van der Waals surface area contributed by atoms with E-state index in [1.54, 1.807) is 0 Å². The van der Waals surface area contributed by atoms with E-state index in [1.165, 1.54) is 38.5 Å². The number of hydrogen-bond donors (Lipinski definition) is 2. The van der Waals surface area contributed by atoms with Crippen LogP contribution in [0, 0.1) is 0 Å². The molecule has 0 atom stereocenters. The summed E-state index contributed by atoms with van der Waals surface area (Å²) in [5.74, 6) is 0. The van der Waals surface area contributed by atoms with Crippen molar-refractivity contribution in [2.75, 3.05) is 24.7 Å². The molecule has 3 heteroatoms. The molecule has 0 unspecified atom stereocenters. The first-order valence-corrected chi connectivity index (χ1v) is 10.3. The Balaban J connectivity index is 1.83. The molecule has 4 rings (SSSR count). The maximum atomic E-state index is 6.17. The van der Waals surface area contributed by atoms with Crippen LogP contribution in [0.3, 0.4) is 0 Å². The Kier molecular flexibility index (Phi) is 5.30. The summed E-state index contributed by atoms with van der Waals surface area (Å²) in [6.45, 7) is 2.89. The van der Waals surface area contributed by atoms with Gasteiger partial charge in [-0.15, -0.1) is 0 Å². The van der Waals surface area contributed by atoms with E-state index in [-0.39, 0.29) is 0 Å². The van der Waals surface area contributed by atoms with Crippen LogP contribution in [0.5, 0.6) is 0 Å². The standard InChI is InChI=1S/C26H29N3/c1-4-7-18-10-12-23-20(14-18)15-21-16-22(29(2)3)11-13-24(21)26(23)28-17-19-8-5-6-9-25(19)27/h5-14,16,28H,4,15,17,27H2,1-3H3/b18-7-. The highest BCUT2D eigenvalue weighted by Gasteiger charge is 2.18. The molecule has 0 fully saturated rings. The summed E-state index contributed by atoms with van der Waals surface area (Å²) in [4.78, 5) is 2.16. The molecule has 148 valence electrons. The van der Waals surface area contributed by atoms with Crippen LogP contribution in [0.2, 0.25) is 0 Å². The zero-order valence-electron chi connectivity index (χ0n) is 17.5. The molecule has 1 aliphatic carbocycles. The number of para-hydroxylation sites is 1. The van der Waals surface area contributed by atoms with Crippen molar-refractivity contribution in [1.82, 2.24) is 5.32 Å². The quantitative estimate of drug-likeness (QED) is 0.664. The number of nitrogens with zero attached hydrogens (tertiary/aromatic N) is 1. The predicted molar refractivity (Wildman–Crippen MR) is 124 cm³/mol. The maximum absolute atomic E-state index is 6.17. The van der Waals surface area contributed by atoms with Crippen LogP contribution in [-0.4, -0.2) is 14.1 Å². The van der Waals surface area contributed by atoms with Gasteiger partial charge in [-0.1, -0.05) is 55.5 Å². The maximum Gasteiger partial charge on any atom is 0.0495 e. The largest absolute Gasteiger partial charge is 0.398 e. The third-order valence-corrected chi connectivity index (χ3v) is 5.60. The molecular formula is C26H29N3. The van der Waals surface area contributed by atoms with Crippen LogP contribution < -0.4 is 26.4 Å². The van der Waals surface area contributed by atoms with Crippen molar-refractivity contribution in [3.63, 3.8) is 0 Å². The third kappa shape index (κ3) is 3.86. The van der Waals surface area contributed by atoms with Gasteiger partial charge >= 0.3 is 0 Å². The summed E-state index contributed by atoms with van der Waals surface area (Å²) in [7, 11) is 4.18. The lowest BCUT2D eigenvalue weighted by Crippen LogP contribution is -2.30. The average molecular weight is 384 g/mol. The molecule has 3 nitrogen and oxygen atoms in total. The van der Waals surface area contributed by atoms with Crippen LogP contribution in [0.25, 0.3) is 11.8 Å². The number of hydrogen-bond acceptors (Lipinski definition) is 3. The summed E-state index contributed by atoms with van der Waals surface area (Å²) in [5.41, 5.74) is 14.6. The zero-order chi connectivity index (χ0) is 20.4. The van der Waals surface area contributed by atoms with Gasteiger partial charge in [-0.25, -0.2) is 0 Å². The summed E-state index contributed by atoms with van der Waals surface area (Å²) in [5, 5.41) is 6.29. The minimum Gasteiger partial charge on any atom is -0.398 e. The van der Waals surface area contributed by atoms with Gasteiger partial charge in [0.2, 0.25) is 0 Å². The smallest absolute Gasteiger partial charge is 0.0495 e. The Bertz CT molecular complexity index is 1160. The molecule has 0 saturated heterocycles. The normalized spacial score (nSPS) is 13.1. The van der Waals surface area contributed by atoms with Gasteiger partial charge in [0.25, 0.3) is 0 Å². The second-order valence-electron chi connectivity index (χ2n) is 7.87. The second kappa shape index (κ2) is 8.04. The predicted octanol–water partition coefficient (Wildman–Crippen LogP) is 3.38. The molecule has 29 heavy (non-hydrogen) atoms. The Morgan fingerprint density at radius 3 is 2.59 bits per heavy atom. The van der Waals surface area contributed by atoms with Crippen molar-refractivity contribution in [3.05, 3.63) is 93.4 Å².